The maximum atomic E-state index is 12.0. The van der Waals surface area contributed by atoms with Crippen molar-refractivity contribution in [2.24, 2.45) is 4.99 Å². The number of ether oxygens (including phenoxy) is 1. The molecule has 0 fully saturated rings. The molecule has 0 bridgehead atoms. The predicted octanol–water partition coefficient (Wildman–Crippen LogP) is 2.30. The molecule has 0 aliphatic rings. The fourth-order valence-electron chi connectivity index (χ4n) is 2.36. The van der Waals surface area contributed by atoms with Gasteiger partial charge in [0, 0.05) is 39.4 Å². The van der Waals surface area contributed by atoms with E-state index in [1.54, 1.807) is 19.0 Å². The van der Waals surface area contributed by atoms with Gasteiger partial charge in [0.15, 0.2) is 5.96 Å². The average molecular weight is 363 g/mol. The minimum absolute atomic E-state index is 0.0257. The van der Waals surface area contributed by atoms with Crippen LogP contribution in [0.4, 0.5) is 0 Å². The number of nitrogens with one attached hydrogen (secondary N) is 2. The number of nitrogens with zero attached hydrogens (tertiary/aromatic N) is 2. The van der Waals surface area contributed by atoms with Crippen LogP contribution in [0.25, 0.3) is 0 Å². The first-order valence-corrected chi connectivity index (χ1v) is 9.49. The maximum Gasteiger partial charge on any atom is 0.253 e. The smallest absolute Gasteiger partial charge is 0.253 e. The van der Waals surface area contributed by atoms with Gasteiger partial charge in [0.25, 0.3) is 5.91 Å². The zero-order valence-electron chi connectivity index (χ0n) is 16.7. The maximum absolute atomic E-state index is 12.0. The van der Waals surface area contributed by atoms with E-state index in [1.807, 2.05) is 31.2 Å². The summed E-state index contributed by atoms with van der Waals surface area (Å²) in [6.45, 7) is 7.86. The van der Waals surface area contributed by atoms with Crippen molar-refractivity contribution in [3.8, 4) is 0 Å². The van der Waals surface area contributed by atoms with Crippen LogP contribution in [0.2, 0.25) is 0 Å². The lowest BCUT2D eigenvalue weighted by molar-refractivity contribution is 0.0827. The van der Waals surface area contributed by atoms with Gasteiger partial charge >= 0.3 is 0 Å². The molecule has 0 spiro atoms. The fourth-order valence-corrected chi connectivity index (χ4v) is 2.36. The molecule has 1 aromatic carbocycles. The summed E-state index contributed by atoms with van der Waals surface area (Å²) in [4.78, 5) is 18.2. The second kappa shape index (κ2) is 13.2. The Kier molecular flexibility index (Phi) is 11.1. The van der Waals surface area contributed by atoms with E-state index in [1.165, 1.54) is 0 Å². The fraction of sp³-hybridized carbons (Fsp3) is 0.600. The van der Waals surface area contributed by atoms with Crippen LogP contribution >= 0.6 is 0 Å². The molecule has 0 unspecified atom stereocenters. The predicted molar refractivity (Wildman–Crippen MR) is 108 cm³/mol. The van der Waals surface area contributed by atoms with E-state index in [-0.39, 0.29) is 5.91 Å². The van der Waals surface area contributed by atoms with Gasteiger partial charge in [-0.25, -0.2) is 0 Å². The van der Waals surface area contributed by atoms with Gasteiger partial charge in [-0.15, -0.1) is 0 Å². The van der Waals surface area contributed by atoms with Crippen LogP contribution in [-0.2, 0) is 11.2 Å². The Morgan fingerprint density at radius 2 is 2.00 bits per heavy atom. The Morgan fingerprint density at radius 1 is 1.19 bits per heavy atom. The summed E-state index contributed by atoms with van der Waals surface area (Å²) >= 11 is 0. The Hall–Kier alpha value is -2.08. The number of aliphatic imine (C=N–C) groups is 1. The number of rotatable bonds is 11. The van der Waals surface area contributed by atoms with Crippen molar-refractivity contribution < 1.29 is 9.53 Å². The monoisotopic (exact) mass is 362 g/mol. The Bertz CT molecular complexity index is 558. The normalized spacial score (nSPS) is 11.3. The molecule has 1 rings (SSSR count). The first kappa shape index (κ1) is 22.0. The van der Waals surface area contributed by atoms with E-state index in [0.29, 0.717) is 13.2 Å². The first-order valence-electron chi connectivity index (χ1n) is 9.49. The van der Waals surface area contributed by atoms with Crippen molar-refractivity contribution in [1.82, 2.24) is 15.5 Å². The van der Waals surface area contributed by atoms with E-state index >= 15 is 0 Å². The van der Waals surface area contributed by atoms with E-state index in [2.05, 4.69) is 22.5 Å². The third-order valence-electron chi connectivity index (χ3n) is 3.78. The van der Waals surface area contributed by atoms with Gasteiger partial charge in [0.1, 0.15) is 0 Å². The topological polar surface area (TPSA) is 66.0 Å². The number of benzene rings is 1. The molecule has 0 aliphatic carbocycles. The Labute approximate surface area is 158 Å². The number of carbonyl (C=O) groups is 1. The quantitative estimate of drug-likeness (QED) is 0.360. The molecular formula is C20H34N4O2. The van der Waals surface area contributed by atoms with Gasteiger partial charge in [0.05, 0.1) is 13.2 Å². The molecule has 6 nitrogen and oxygen atoms in total. The second-order valence-corrected chi connectivity index (χ2v) is 6.30. The van der Waals surface area contributed by atoms with Gasteiger partial charge in [-0.3, -0.25) is 9.79 Å². The van der Waals surface area contributed by atoms with Crippen molar-refractivity contribution in [3.63, 3.8) is 0 Å². The van der Waals surface area contributed by atoms with Crippen LogP contribution in [0.1, 0.15) is 42.6 Å². The summed E-state index contributed by atoms with van der Waals surface area (Å²) < 4.78 is 5.53. The summed E-state index contributed by atoms with van der Waals surface area (Å²) in [6.07, 6.45) is 3.07. The third kappa shape index (κ3) is 8.85. The van der Waals surface area contributed by atoms with Crippen LogP contribution in [0, 0.1) is 0 Å². The van der Waals surface area contributed by atoms with E-state index in [0.717, 1.165) is 56.0 Å². The van der Waals surface area contributed by atoms with Crippen molar-refractivity contribution in [1.29, 1.82) is 0 Å². The van der Waals surface area contributed by atoms with Crippen molar-refractivity contribution in [3.05, 3.63) is 35.4 Å². The summed E-state index contributed by atoms with van der Waals surface area (Å²) in [7, 11) is 3.53. The zero-order valence-corrected chi connectivity index (χ0v) is 16.7. The molecule has 146 valence electrons. The van der Waals surface area contributed by atoms with Gasteiger partial charge in [-0.2, -0.15) is 0 Å². The molecule has 0 aromatic heterocycles. The largest absolute Gasteiger partial charge is 0.380 e. The van der Waals surface area contributed by atoms with Gasteiger partial charge in [-0.05, 0) is 37.5 Å². The molecule has 1 amide bonds. The number of carbonyl (C=O) groups excluding carboxylic acids is 1. The number of guanidine groups is 1. The number of hydrogen-bond acceptors (Lipinski definition) is 3. The average Bonchev–Trinajstić information content (AvgIpc) is 2.64. The highest BCUT2D eigenvalue weighted by molar-refractivity contribution is 5.94. The molecule has 0 radical (unpaired) electrons. The van der Waals surface area contributed by atoms with Gasteiger partial charge < -0.3 is 20.3 Å². The summed E-state index contributed by atoms with van der Waals surface area (Å²) in [5.41, 5.74) is 1.85. The Morgan fingerprint density at radius 3 is 2.69 bits per heavy atom. The van der Waals surface area contributed by atoms with Gasteiger partial charge in [0.2, 0.25) is 0 Å². The minimum Gasteiger partial charge on any atom is -0.380 e. The van der Waals surface area contributed by atoms with Crippen LogP contribution in [-0.4, -0.2) is 63.7 Å². The van der Waals surface area contributed by atoms with Crippen LogP contribution in [0.3, 0.4) is 0 Å². The molecule has 0 aliphatic heterocycles. The van der Waals surface area contributed by atoms with E-state index in [9.17, 15) is 4.79 Å². The molecular weight excluding hydrogens is 328 g/mol. The standard InChI is InChI=1S/C20H34N4O2/c1-5-7-14-26-15-13-23-20(21-6-2)22-12-11-17-9-8-10-18(16-17)19(25)24(3)4/h8-10,16H,5-7,11-15H2,1-4H3,(H2,21,22,23). The molecule has 6 heteroatoms. The highest BCUT2D eigenvalue weighted by atomic mass is 16.5. The van der Waals surface area contributed by atoms with Crippen molar-refractivity contribution in [2.75, 3.05) is 46.9 Å². The lowest BCUT2D eigenvalue weighted by Crippen LogP contribution is -2.38. The molecule has 1 aromatic rings. The molecule has 0 saturated carbocycles. The number of unbranched alkanes of at least 4 members (excludes halogenated alkanes) is 1. The van der Waals surface area contributed by atoms with Crippen molar-refractivity contribution in [2.45, 2.75) is 33.1 Å². The highest BCUT2D eigenvalue weighted by Crippen LogP contribution is 2.07. The molecule has 0 atom stereocenters. The SMILES string of the molecule is CCCCOCCN=C(NCC)NCCc1cccc(C(=O)N(C)C)c1. The lowest BCUT2D eigenvalue weighted by Gasteiger charge is -2.13. The van der Waals surface area contributed by atoms with Crippen molar-refractivity contribution >= 4 is 11.9 Å². The molecule has 0 saturated heterocycles. The lowest BCUT2D eigenvalue weighted by atomic mass is 10.1. The summed E-state index contributed by atoms with van der Waals surface area (Å²) in [5, 5.41) is 6.57. The first-order chi connectivity index (χ1) is 12.6. The second-order valence-electron chi connectivity index (χ2n) is 6.30. The van der Waals surface area contributed by atoms with Crippen LogP contribution in [0.15, 0.2) is 29.3 Å². The Balaban J connectivity index is 2.44. The number of hydrogen-bond donors (Lipinski definition) is 2. The highest BCUT2D eigenvalue weighted by Gasteiger charge is 2.08. The molecule has 2 N–H and O–H groups in total. The van der Waals surface area contributed by atoms with E-state index < -0.39 is 0 Å². The van der Waals surface area contributed by atoms with Crippen LogP contribution in [0.5, 0.6) is 0 Å². The molecule has 26 heavy (non-hydrogen) atoms. The van der Waals surface area contributed by atoms with Gasteiger partial charge in [-0.1, -0.05) is 25.5 Å². The number of amides is 1. The van der Waals surface area contributed by atoms with Crippen LogP contribution < -0.4 is 10.6 Å². The zero-order chi connectivity index (χ0) is 19.2. The van der Waals surface area contributed by atoms with E-state index in [4.69, 9.17) is 4.74 Å². The summed E-state index contributed by atoms with van der Waals surface area (Å²) in [5.74, 6) is 0.824. The minimum atomic E-state index is 0.0257. The summed E-state index contributed by atoms with van der Waals surface area (Å²) in [6, 6.07) is 7.78. The third-order valence-corrected chi connectivity index (χ3v) is 3.78. The molecule has 0 heterocycles.